The largest absolute Gasteiger partial charge is 0.300 e. The quantitative estimate of drug-likeness (QED) is 0.304. The highest BCUT2D eigenvalue weighted by atomic mass is 79.9. The maximum Gasteiger partial charge on any atom is 0.108 e. The number of thiophene rings is 1. The van der Waals surface area contributed by atoms with Crippen LogP contribution in [0.3, 0.4) is 0 Å². The Kier molecular flexibility index (Phi) is 2.87. The van der Waals surface area contributed by atoms with E-state index in [2.05, 4.69) is 92.6 Å². The fourth-order valence-electron chi connectivity index (χ4n) is 3.33. The Morgan fingerprint density at radius 2 is 1.57 bits per heavy atom. The predicted molar refractivity (Wildman–Crippen MR) is 104 cm³/mol. The van der Waals surface area contributed by atoms with Crippen molar-refractivity contribution in [3.05, 3.63) is 76.6 Å². The molecule has 0 aliphatic carbocycles. The number of aromatic nitrogens is 1. The molecule has 110 valence electrons. The number of hydrogen-bond acceptors (Lipinski definition) is 1. The van der Waals surface area contributed by atoms with E-state index in [-0.39, 0.29) is 0 Å². The van der Waals surface area contributed by atoms with E-state index < -0.39 is 0 Å². The zero-order valence-electron chi connectivity index (χ0n) is 12.2. The number of rotatable bonds is 1. The molecule has 0 radical (unpaired) electrons. The van der Waals surface area contributed by atoms with E-state index in [9.17, 15) is 0 Å². The van der Waals surface area contributed by atoms with E-state index in [1.54, 1.807) is 11.3 Å². The molecule has 2 heterocycles. The highest BCUT2D eigenvalue weighted by molar-refractivity contribution is 9.10. The summed E-state index contributed by atoms with van der Waals surface area (Å²) in [5.41, 5.74) is 2.50. The van der Waals surface area contributed by atoms with Crippen LogP contribution in [0.1, 0.15) is 0 Å². The van der Waals surface area contributed by atoms with Crippen LogP contribution in [0.4, 0.5) is 0 Å². The van der Waals surface area contributed by atoms with Crippen molar-refractivity contribution in [2.75, 3.05) is 0 Å². The molecule has 2 aromatic heterocycles. The molecule has 0 unspecified atom stereocenters. The van der Waals surface area contributed by atoms with Gasteiger partial charge in [-0.1, -0.05) is 52.3 Å². The molecule has 1 nitrogen and oxygen atoms in total. The number of hydrogen-bond donors (Lipinski definition) is 0. The zero-order valence-corrected chi connectivity index (χ0v) is 14.6. The third-order valence-corrected chi connectivity index (χ3v) is 5.77. The predicted octanol–water partition coefficient (Wildman–Crippen LogP) is 6.76. The topological polar surface area (TPSA) is 4.93 Å². The number of fused-ring (bicyclic) bond motifs is 5. The summed E-state index contributed by atoms with van der Waals surface area (Å²) in [7, 11) is 0. The molecule has 0 saturated carbocycles. The molecule has 0 aliphatic rings. The van der Waals surface area contributed by atoms with Gasteiger partial charge in [-0.05, 0) is 41.1 Å². The second kappa shape index (κ2) is 4.95. The normalized spacial score (nSPS) is 11.7. The molecule has 3 aromatic carbocycles. The minimum absolute atomic E-state index is 1.10. The molecule has 0 saturated heterocycles. The molecule has 0 N–H and O–H groups in total. The minimum atomic E-state index is 1.10. The van der Waals surface area contributed by atoms with Crippen molar-refractivity contribution >= 4 is 59.2 Å². The first-order valence-corrected chi connectivity index (χ1v) is 9.15. The van der Waals surface area contributed by atoms with Crippen LogP contribution in [-0.4, -0.2) is 4.57 Å². The van der Waals surface area contributed by atoms with Gasteiger partial charge in [0.25, 0.3) is 0 Å². The lowest BCUT2D eigenvalue weighted by molar-refractivity contribution is 1.20. The van der Waals surface area contributed by atoms with E-state index in [0.29, 0.717) is 0 Å². The third kappa shape index (κ3) is 1.90. The van der Waals surface area contributed by atoms with Gasteiger partial charge in [0.1, 0.15) is 4.83 Å². The summed E-state index contributed by atoms with van der Waals surface area (Å²) in [5, 5.41) is 7.41. The molecule has 5 aromatic rings. The Balaban J connectivity index is 2.03. The standard InChI is InChI=1S/C20H12BrNS/c21-14-6-8-15(9-7-14)22-19-16-4-2-1-3-13(16)5-10-17(19)18-11-12-23-20(18)22/h1-12H. The number of halogens is 1. The van der Waals surface area contributed by atoms with Crippen LogP contribution in [0.15, 0.2) is 76.6 Å². The Bertz CT molecular complexity index is 1160. The van der Waals surface area contributed by atoms with Crippen LogP contribution < -0.4 is 0 Å². The van der Waals surface area contributed by atoms with Gasteiger partial charge < -0.3 is 4.57 Å². The van der Waals surface area contributed by atoms with Crippen molar-refractivity contribution in [3.8, 4) is 5.69 Å². The van der Waals surface area contributed by atoms with Crippen molar-refractivity contribution in [1.29, 1.82) is 0 Å². The van der Waals surface area contributed by atoms with Crippen molar-refractivity contribution in [2.45, 2.75) is 0 Å². The van der Waals surface area contributed by atoms with Gasteiger partial charge in [0.05, 0.1) is 5.52 Å². The Morgan fingerprint density at radius 3 is 2.43 bits per heavy atom. The fourth-order valence-corrected chi connectivity index (χ4v) is 4.54. The van der Waals surface area contributed by atoms with Gasteiger partial charge in [0.15, 0.2) is 0 Å². The summed E-state index contributed by atoms with van der Waals surface area (Å²) in [4.78, 5) is 1.30. The second-order valence-corrected chi connectivity index (χ2v) is 7.44. The Morgan fingerprint density at radius 1 is 0.739 bits per heavy atom. The van der Waals surface area contributed by atoms with E-state index in [1.807, 2.05) is 0 Å². The van der Waals surface area contributed by atoms with Crippen LogP contribution in [0, 0.1) is 0 Å². The first-order valence-electron chi connectivity index (χ1n) is 7.48. The molecule has 0 spiro atoms. The summed E-state index contributed by atoms with van der Waals surface area (Å²) in [5.74, 6) is 0. The summed E-state index contributed by atoms with van der Waals surface area (Å²) in [6.07, 6.45) is 0. The van der Waals surface area contributed by atoms with Crippen LogP contribution in [-0.2, 0) is 0 Å². The summed E-state index contributed by atoms with van der Waals surface area (Å²) in [6, 6.07) is 23.9. The van der Waals surface area contributed by atoms with Crippen molar-refractivity contribution in [1.82, 2.24) is 4.57 Å². The molecule has 0 aliphatic heterocycles. The lowest BCUT2D eigenvalue weighted by atomic mass is 10.1. The first-order chi connectivity index (χ1) is 11.3. The monoisotopic (exact) mass is 377 g/mol. The average Bonchev–Trinajstić information content (AvgIpc) is 3.16. The molecule has 0 amide bonds. The van der Waals surface area contributed by atoms with Crippen LogP contribution in [0.25, 0.3) is 37.6 Å². The fraction of sp³-hybridized carbons (Fsp3) is 0. The molecular weight excluding hydrogens is 366 g/mol. The molecule has 0 bridgehead atoms. The average molecular weight is 378 g/mol. The zero-order chi connectivity index (χ0) is 15.4. The van der Waals surface area contributed by atoms with Crippen molar-refractivity contribution in [2.24, 2.45) is 0 Å². The van der Waals surface area contributed by atoms with Gasteiger partial charge >= 0.3 is 0 Å². The number of benzene rings is 3. The molecule has 23 heavy (non-hydrogen) atoms. The Labute approximate surface area is 145 Å². The Hall–Kier alpha value is -2.10. The smallest absolute Gasteiger partial charge is 0.108 e. The van der Waals surface area contributed by atoms with E-state index in [4.69, 9.17) is 0 Å². The van der Waals surface area contributed by atoms with E-state index >= 15 is 0 Å². The van der Waals surface area contributed by atoms with Gasteiger partial charge in [0.2, 0.25) is 0 Å². The van der Waals surface area contributed by atoms with Gasteiger partial charge in [-0.25, -0.2) is 0 Å². The van der Waals surface area contributed by atoms with Crippen molar-refractivity contribution in [3.63, 3.8) is 0 Å². The minimum Gasteiger partial charge on any atom is -0.300 e. The van der Waals surface area contributed by atoms with E-state index in [1.165, 1.54) is 37.6 Å². The maximum atomic E-state index is 3.53. The maximum absolute atomic E-state index is 3.53. The van der Waals surface area contributed by atoms with Gasteiger partial charge in [0, 0.05) is 26.3 Å². The molecule has 3 heteroatoms. The second-order valence-electron chi connectivity index (χ2n) is 5.63. The van der Waals surface area contributed by atoms with Crippen LogP contribution in [0.2, 0.25) is 0 Å². The SMILES string of the molecule is Brc1ccc(-n2c3sccc3c3ccc4ccccc4c32)cc1. The summed E-state index contributed by atoms with van der Waals surface area (Å²) >= 11 is 5.33. The molecule has 5 rings (SSSR count). The highest BCUT2D eigenvalue weighted by Gasteiger charge is 2.15. The molecular formula is C20H12BrNS. The van der Waals surface area contributed by atoms with Gasteiger partial charge in [-0.2, -0.15) is 0 Å². The lowest BCUT2D eigenvalue weighted by Gasteiger charge is -2.09. The third-order valence-electron chi connectivity index (χ3n) is 4.35. The molecule has 0 fully saturated rings. The van der Waals surface area contributed by atoms with Gasteiger partial charge in [-0.3, -0.25) is 0 Å². The lowest BCUT2D eigenvalue weighted by Crippen LogP contribution is -1.93. The summed E-state index contributed by atoms with van der Waals surface area (Å²) < 4.78 is 3.49. The van der Waals surface area contributed by atoms with Crippen molar-refractivity contribution < 1.29 is 0 Å². The van der Waals surface area contributed by atoms with E-state index in [0.717, 1.165) is 4.47 Å². The highest BCUT2D eigenvalue weighted by Crippen LogP contribution is 2.38. The first kappa shape index (κ1) is 13.3. The van der Waals surface area contributed by atoms with Crippen LogP contribution >= 0.6 is 27.3 Å². The van der Waals surface area contributed by atoms with Crippen LogP contribution in [0.5, 0.6) is 0 Å². The summed E-state index contributed by atoms with van der Waals surface area (Å²) in [6.45, 7) is 0. The molecule has 0 atom stereocenters. The van der Waals surface area contributed by atoms with Gasteiger partial charge in [-0.15, -0.1) is 11.3 Å². The number of nitrogens with zero attached hydrogens (tertiary/aromatic N) is 1.